The summed E-state index contributed by atoms with van der Waals surface area (Å²) >= 11 is 8.25. The van der Waals surface area contributed by atoms with Crippen LogP contribution in [0.15, 0.2) is 53.6 Å². The molecule has 1 N–H and O–H groups in total. The highest BCUT2D eigenvalue weighted by molar-refractivity contribution is 8.93. The SMILES string of the molecule is Br.CCCCCCCCCCCCCCOc1c(Cl)cccc1NC(=O)c1cccc(CN2CSC=C2C)c1. The van der Waals surface area contributed by atoms with Gasteiger partial charge < -0.3 is 15.0 Å². The summed E-state index contributed by atoms with van der Waals surface area (Å²) in [6.45, 7) is 5.78. The Bertz CT molecular complexity index is 1030. The van der Waals surface area contributed by atoms with E-state index in [0.29, 0.717) is 28.6 Å². The van der Waals surface area contributed by atoms with Crippen LogP contribution in [0.5, 0.6) is 5.75 Å². The van der Waals surface area contributed by atoms with Gasteiger partial charge in [-0.15, -0.1) is 28.7 Å². The highest BCUT2D eigenvalue weighted by atomic mass is 79.9. The van der Waals surface area contributed by atoms with Gasteiger partial charge in [0.2, 0.25) is 0 Å². The van der Waals surface area contributed by atoms with E-state index in [1.165, 1.54) is 69.9 Å². The predicted octanol–water partition coefficient (Wildman–Crippen LogP) is 10.6. The summed E-state index contributed by atoms with van der Waals surface area (Å²) in [7, 11) is 0. The predicted molar refractivity (Wildman–Crippen MR) is 175 cm³/mol. The number of amides is 1. The number of hydrogen-bond donors (Lipinski definition) is 1. The minimum absolute atomic E-state index is 0. The molecule has 1 aliphatic heterocycles. The number of anilines is 1. The number of nitrogens with zero attached hydrogens (tertiary/aromatic N) is 1. The van der Waals surface area contributed by atoms with Crippen molar-refractivity contribution >= 4 is 51.9 Å². The third kappa shape index (κ3) is 12.2. The lowest BCUT2D eigenvalue weighted by atomic mass is 10.1. The van der Waals surface area contributed by atoms with Gasteiger partial charge in [0, 0.05) is 17.8 Å². The van der Waals surface area contributed by atoms with Gasteiger partial charge in [-0.05, 0) is 48.6 Å². The second-order valence-electron chi connectivity index (χ2n) is 10.3. The number of benzene rings is 2. The zero-order chi connectivity index (χ0) is 27.0. The van der Waals surface area contributed by atoms with Gasteiger partial charge in [0.1, 0.15) is 0 Å². The van der Waals surface area contributed by atoms with Crippen LogP contribution in [0.4, 0.5) is 5.69 Å². The largest absolute Gasteiger partial charge is 0.490 e. The highest BCUT2D eigenvalue weighted by Gasteiger charge is 2.15. The van der Waals surface area contributed by atoms with E-state index in [1.807, 2.05) is 30.3 Å². The van der Waals surface area contributed by atoms with Crippen molar-refractivity contribution in [3.8, 4) is 5.75 Å². The fraction of sp³-hybridized carbons (Fsp3) is 0.531. The third-order valence-corrected chi connectivity index (χ3v) is 8.27. The summed E-state index contributed by atoms with van der Waals surface area (Å²) in [4.78, 5) is 15.4. The summed E-state index contributed by atoms with van der Waals surface area (Å²) < 4.78 is 6.06. The Morgan fingerprint density at radius 1 is 0.949 bits per heavy atom. The molecule has 4 nitrogen and oxygen atoms in total. The molecule has 2 aromatic rings. The van der Waals surface area contributed by atoms with Crippen molar-refractivity contribution in [3.63, 3.8) is 0 Å². The first-order chi connectivity index (χ1) is 18.6. The molecule has 7 heteroatoms. The maximum atomic E-state index is 13.1. The van der Waals surface area contributed by atoms with Gasteiger partial charge in [-0.1, -0.05) is 107 Å². The summed E-state index contributed by atoms with van der Waals surface area (Å²) in [5, 5.41) is 5.71. The normalized spacial score (nSPS) is 12.7. The van der Waals surface area contributed by atoms with E-state index in [1.54, 1.807) is 17.8 Å². The van der Waals surface area contributed by atoms with Crippen LogP contribution in [-0.2, 0) is 6.54 Å². The number of para-hydroxylation sites is 1. The van der Waals surface area contributed by atoms with E-state index in [2.05, 4.69) is 35.5 Å². The van der Waals surface area contributed by atoms with Crippen LogP contribution < -0.4 is 10.1 Å². The summed E-state index contributed by atoms with van der Waals surface area (Å²) in [6.07, 6.45) is 15.7. The molecule has 0 aliphatic carbocycles. The molecule has 0 saturated heterocycles. The topological polar surface area (TPSA) is 41.6 Å². The van der Waals surface area contributed by atoms with Crippen LogP contribution in [0.25, 0.3) is 0 Å². The lowest BCUT2D eigenvalue weighted by Crippen LogP contribution is -2.18. The van der Waals surface area contributed by atoms with Crippen LogP contribution in [0, 0.1) is 0 Å². The molecule has 0 radical (unpaired) electrons. The molecular formula is C32H46BrClN2O2S. The average molecular weight is 638 g/mol. The minimum Gasteiger partial charge on any atom is -0.490 e. The Morgan fingerprint density at radius 2 is 1.59 bits per heavy atom. The molecule has 1 amide bonds. The summed E-state index contributed by atoms with van der Waals surface area (Å²) in [5.74, 6) is 1.34. The Kier molecular flexibility index (Phi) is 16.7. The van der Waals surface area contributed by atoms with E-state index in [-0.39, 0.29) is 22.9 Å². The van der Waals surface area contributed by atoms with E-state index >= 15 is 0 Å². The molecule has 0 fully saturated rings. The molecule has 216 valence electrons. The summed E-state index contributed by atoms with van der Waals surface area (Å²) in [5.41, 5.74) is 3.62. The molecule has 0 spiro atoms. The molecule has 0 saturated carbocycles. The Morgan fingerprint density at radius 3 is 2.23 bits per heavy atom. The van der Waals surface area contributed by atoms with Crippen molar-refractivity contribution in [1.82, 2.24) is 4.90 Å². The molecule has 0 aromatic heterocycles. The molecule has 0 bridgehead atoms. The molecule has 1 aliphatic rings. The maximum absolute atomic E-state index is 13.1. The monoisotopic (exact) mass is 636 g/mol. The lowest BCUT2D eigenvalue weighted by Gasteiger charge is -2.19. The third-order valence-electron chi connectivity index (χ3n) is 7.01. The second-order valence-corrected chi connectivity index (χ2v) is 11.5. The highest BCUT2D eigenvalue weighted by Crippen LogP contribution is 2.33. The molecular weight excluding hydrogens is 592 g/mol. The number of carbonyl (C=O) groups excluding carboxylic acids is 1. The molecule has 0 unspecified atom stereocenters. The average Bonchev–Trinajstić information content (AvgIpc) is 3.32. The van der Waals surface area contributed by atoms with Gasteiger partial charge in [-0.25, -0.2) is 0 Å². The van der Waals surface area contributed by atoms with Crippen molar-refractivity contribution < 1.29 is 9.53 Å². The number of unbranched alkanes of at least 4 members (excludes halogenated alkanes) is 11. The number of rotatable bonds is 18. The first kappa shape index (κ1) is 33.6. The number of carbonyl (C=O) groups is 1. The van der Waals surface area contributed by atoms with Crippen LogP contribution >= 0.6 is 40.3 Å². The van der Waals surface area contributed by atoms with Gasteiger partial charge in [0.25, 0.3) is 5.91 Å². The smallest absolute Gasteiger partial charge is 0.255 e. The first-order valence-corrected chi connectivity index (χ1v) is 15.9. The van der Waals surface area contributed by atoms with Crippen LogP contribution in [0.3, 0.4) is 0 Å². The van der Waals surface area contributed by atoms with E-state index in [4.69, 9.17) is 16.3 Å². The number of hydrogen-bond acceptors (Lipinski definition) is 4. The van der Waals surface area contributed by atoms with Crippen molar-refractivity contribution in [1.29, 1.82) is 0 Å². The minimum atomic E-state index is -0.160. The zero-order valence-corrected chi connectivity index (χ0v) is 27.0. The fourth-order valence-electron chi connectivity index (χ4n) is 4.69. The van der Waals surface area contributed by atoms with Gasteiger partial charge in [-0.2, -0.15) is 0 Å². The number of halogens is 2. The fourth-order valence-corrected chi connectivity index (χ4v) is 5.86. The van der Waals surface area contributed by atoms with Gasteiger partial charge in [0.15, 0.2) is 5.75 Å². The molecule has 3 rings (SSSR count). The number of nitrogens with one attached hydrogen (secondary N) is 1. The summed E-state index contributed by atoms with van der Waals surface area (Å²) in [6, 6.07) is 13.3. The molecule has 0 atom stereocenters. The lowest BCUT2D eigenvalue weighted by molar-refractivity contribution is 0.102. The van der Waals surface area contributed by atoms with Crippen molar-refractivity contribution in [2.75, 3.05) is 17.8 Å². The Labute approximate surface area is 256 Å². The van der Waals surface area contributed by atoms with Crippen LogP contribution in [-0.4, -0.2) is 23.3 Å². The van der Waals surface area contributed by atoms with Gasteiger partial charge in [0.05, 0.1) is 23.2 Å². The van der Waals surface area contributed by atoms with E-state index in [0.717, 1.165) is 30.8 Å². The molecule has 39 heavy (non-hydrogen) atoms. The molecule has 2 aromatic carbocycles. The van der Waals surface area contributed by atoms with E-state index in [9.17, 15) is 4.79 Å². The van der Waals surface area contributed by atoms with Crippen molar-refractivity contribution in [2.45, 2.75) is 97.4 Å². The maximum Gasteiger partial charge on any atom is 0.255 e. The standard InChI is InChI=1S/C32H45ClN2O2S.BrH/c1-3-4-5-6-7-8-9-10-11-12-13-14-21-37-31-29(33)19-16-20-30(31)34-32(36)28-18-15-17-27(22-28)23-35-25-38-24-26(35)2;/h15-20,22,24H,3-14,21,23,25H2,1-2H3,(H,34,36);1H. The Balaban J connectivity index is 0.00000533. The second kappa shape index (κ2) is 19.4. The number of allylic oxidation sites excluding steroid dienone is 1. The first-order valence-electron chi connectivity index (χ1n) is 14.4. The molecule has 1 heterocycles. The van der Waals surface area contributed by atoms with Gasteiger partial charge in [-0.3, -0.25) is 4.79 Å². The van der Waals surface area contributed by atoms with Crippen LogP contribution in [0.2, 0.25) is 5.02 Å². The van der Waals surface area contributed by atoms with Gasteiger partial charge >= 0.3 is 0 Å². The van der Waals surface area contributed by atoms with Crippen molar-refractivity contribution in [3.05, 3.63) is 69.7 Å². The number of thioether (sulfide) groups is 1. The quantitative estimate of drug-likeness (QED) is 0.165. The van der Waals surface area contributed by atoms with E-state index < -0.39 is 0 Å². The Hall–Kier alpha value is -1.63. The number of ether oxygens (including phenoxy) is 1. The van der Waals surface area contributed by atoms with Crippen molar-refractivity contribution in [2.24, 2.45) is 0 Å². The van der Waals surface area contributed by atoms with Crippen LogP contribution in [0.1, 0.15) is 107 Å². The zero-order valence-electron chi connectivity index (χ0n) is 23.7.